The van der Waals surface area contributed by atoms with Crippen LogP contribution in [0.5, 0.6) is 5.75 Å². The van der Waals surface area contributed by atoms with Gasteiger partial charge in [-0.15, -0.1) is 0 Å². The predicted octanol–water partition coefficient (Wildman–Crippen LogP) is 3.66. The second-order valence-corrected chi connectivity index (χ2v) is 13.3. The second kappa shape index (κ2) is 14.7. The van der Waals surface area contributed by atoms with Crippen molar-refractivity contribution in [3.8, 4) is 5.75 Å². The number of aliphatic hydroxyl groups is 1. The van der Waals surface area contributed by atoms with Crippen molar-refractivity contribution in [2.75, 3.05) is 31.6 Å². The average Bonchev–Trinajstić information content (AvgIpc) is 3.42. The third kappa shape index (κ3) is 8.47. The molecule has 3 aromatic carbocycles. The van der Waals surface area contributed by atoms with E-state index >= 15 is 0 Å². The first-order valence-electron chi connectivity index (χ1n) is 14.6. The monoisotopic (exact) mass is 637 g/mol. The number of anilines is 1. The van der Waals surface area contributed by atoms with Crippen LogP contribution in [0.25, 0.3) is 0 Å². The number of methoxy groups -OCH3 is 1. The van der Waals surface area contributed by atoms with Crippen LogP contribution in [0.4, 0.5) is 10.5 Å². The lowest BCUT2D eigenvalue weighted by atomic mass is 10.0. The average molecular weight is 638 g/mol. The molecule has 1 fully saturated rings. The van der Waals surface area contributed by atoms with E-state index in [9.17, 15) is 27.9 Å². The van der Waals surface area contributed by atoms with Gasteiger partial charge in [-0.1, -0.05) is 50.2 Å². The molecule has 2 amide bonds. The number of aliphatic hydroxyl groups excluding tert-OH is 1. The molecule has 45 heavy (non-hydrogen) atoms. The summed E-state index contributed by atoms with van der Waals surface area (Å²) in [4.78, 5) is 39.1. The van der Waals surface area contributed by atoms with Crippen LogP contribution in [0, 0.1) is 5.92 Å². The number of sulfonamides is 1. The van der Waals surface area contributed by atoms with E-state index in [1.165, 1.54) is 35.4 Å². The molecule has 12 heteroatoms. The number of cyclic esters (lactones) is 1. The Morgan fingerprint density at radius 1 is 1.04 bits per heavy atom. The zero-order valence-corrected chi connectivity index (χ0v) is 26.6. The molecule has 3 aromatic rings. The highest BCUT2D eigenvalue weighted by molar-refractivity contribution is 7.89. The summed E-state index contributed by atoms with van der Waals surface area (Å²) in [7, 11) is -2.60. The number of ketones is 1. The van der Waals surface area contributed by atoms with Gasteiger partial charge in [0.1, 0.15) is 5.75 Å². The number of carbonyl (C=O) groups excluding carboxylic acids is 3. The summed E-state index contributed by atoms with van der Waals surface area (Å²) in [6, 6.07) is 20.8. The van der Waals surface area contributed by atoms with Crippen molar-refractivity contribution in [1.29, 1.82) is 0 Å². The number of carbonyl (C=O) groups is 3. The van der Waals surface area contributed by atoms with E-state index in [1.54, 1.807) is 36.4 Å². The number of benzene rings is 3. The highest BCUT2D eigenvalue weighted by Crippen LogP contribution is 2.25. The maximum absolute atomic E-state index is 13.7. The minimum atomic E-state index is -4.04. The van der Waals surface area contributed by atoms with Crippen LogP contribution >= 0.6 is 0 Å². The third-order valence-electron chi connectivity index (χ3n) is 7.42. The normalized spacial score (nSPS) is 16.4. The zero-order chi connectivity index (χ0) is 32.7. The SMILES string of the molecule is COc1cccc(S(=O)(=O)N(CC(C)C)C[C@@H](O)[C@H](Cc2ccccc2)NC(=O)[C@@H]2CN(c3ccc(C(C)=O)cc3)C(=O)O2)c1. The van der Waals surface area contributed by atoms with Crippen LogP contribution in [-0.2, 0) is 26.0 Å². The molecule has 0 unspecified atom stereocenters. The van der Waals surface area contributed by atoms with Gasteiger partial charge in [-0.25, -0.2) is 13.2 Å². The number of nitrogens with one attached hydrogen (secondary N) is 1. The molecule has 1 saturated heterocycles. The molecule has 0 bridgehead atoms. The molecule has 0 radical (unpaired) electrons. The van der Waals surface area contributed by atoms with Gasteiger partial charge in [-0.3, -0.25) is 14.5 Å². The summed E-state index contributed by atoms with van der Waals surface area (Å²) in [5, 5.41) is 14.3. The zero-order valence-electron chi connectivity index (χ0n) is 25.8. The molecule has 0 aliphatic carbocycles. The Labute approximate surface area is 263 Å². The molecule has 1 aliphatic heterocycles. The quantitative estimate of drug-likeness (QED) is 0.255. The van der Waals surface area contributed by atoms with Gasteiger partial charge in [0, 0.05) is 30.4 Å². The van der Waals surface area contributed by atoms with E-state index in [-0.39, 0.29) is 42.7 Å². The molecule has 1 heterocycles. The number of Topliss-reactive ketones (excluding diaryl/α,β-unsaturated/α-hetero) is 1. The second-order valence-electron chi connectivity index (χ2n) is 11.4. The number of nitrogens with zero attached hydrogens (tertiary/aromatic N) is 2. The summed E-state index contributed by atoms with van der Waals surface area (Å²) >= 11 is 0. The molecule has 0 saturated carbocycles. The molecular formula is C33H39N3O8S. The molecule has 1 aliphatic rings. The van der Waals surface area contributed by atoms with E-state index in [0.29, 0.717) is 17.0 Å². The van der Waals surface area contributed by atoms with Gasteiger partial charge in [0.2, 0.25) is 10.0 Å². The molecule has 0 aromatic heterocycles. The third-order valence-corrected chi connectivity index (χ3v) is 9.25. The van der Waals surface area contributed by atoms with Gasteiger partial charge in [0.05, 0.1) is 30.7 Å². The maximum atomic E-state index is 13.7. The smallest absolute Gasteiger partial charge is 0.415 e. The van der Waals surface area contributed by atoms with Crippen molar-refractivity contribution in [3.05, 3.63) is 90.0 Å². The minimum absolute atomic E-state index is 0.0210. The molecule has 2 N–H and O–H groups in total. The Hall–Kier alpha value is -4.26. The Balaban J connectivity index is 1.54. The first kappa shape index (κ1) is 33.6. The summed E-state index contributed by atoms with van der Waals surface area (Å²) in [5.74, 6) is -0.426. The van der Waals surface area contributed by atoms with Gasteiger partial charge < -0.3 is 19.9 Å². The number of ether oxygens (including phenoxy) is 2. The van der Waals surface area contributed by atoms with Crippen LogP contribution in [-0.4, -0.2) is 80.6 Å². The topological polar surface area (TPSA) is 143 Å². The first-order valence-corrected chi connectivity index (χ1v) is 16.1. The lowest BCUT2D eigenvalue weighted by molar-refractivity contribution is -0.129. The van der Waals surface area contributed by atoms with Crippen LogP contribution in [0.1, 0.15) is 36.7 Å². The molecule has 11 nitrogen and oxygen atoms in total. The van der Waals surface area contributed by atoms with Crippen molar-refractivity contribution < 1.29 is 37.4 Å². The van der Waals surface area contributed by atoms with Crippen molar-refractivity contribution in [2.24, 2.45) is 5.92 Å². The number of amides is 2. The summed E-state index contributed by atoms with van der Waals surface area (Å²) < 4.78 is 39.3. The van der Waals surface area contributed by atoms with Crippen LogP contribution < -0.4 is 15.0 Å². The maximum Gasteiger partial charge on any atom is 0.415 e. The number of hydrogen-bond donors (Lipinski definition) is 2. The van der Waals surface area contributed by atoms with Gasteiger partial charge in [-0.2, -0.15) is 4.31 Å². The summed E-state index contributed by atoms with van der Waals surface area (Å²) in [5.41, 5.74) is 1.76. The van der Waals surface area contributed by atoms with Crippen molar-refractivity contribution in [2.45, 2.75) is 50.3 Å². The summed E-state index contributed by atoms with van der Waals surface area (Å²) in [6.45, 7) is 4.93. The predicted molar refractivity (Wildman–Crippen MR) is 169 cm³/mol. The Bertz CT molecular complexity index is 1600. The molecule has 4 rings (SSSR count). The standard InChI is InChI=1S/C33H39N3O8S/c1-22(2)19-35(45(41,42)28-12-8-11-27(18-28)43-4)20-30(38)29(17-24-9-6-5-7-10-24)34-32(39)31-21-36(33(40)44-31)26-15-13-25(14-16-26)23(3)37/h5-16,18,22,29-31,38H,17,19-21H2,1-4H3,(H,34,39)/t29-,30+,31-/m0/s1. The largest absolute Gasteiger partial charge is 0.497 e. The van der Waals surface area contributed by atoms with Gasteiger partial charge >= 0.3 is 6.09 Å². The lowest BCUT2D eigenvalue weighted by Gasteiger charge is -2.31. The molecule has 240 valence electrons. The molecule has 0 spiro atoms. The van der Waals surface area contributed by atoms with Crippen molar-refractivity contribution in [1.82, 2.24) is 9.62 Å². The minimum Gasteiger partial charge on any atom is -0.497 e. The fourth-order valence-electron chi connectivity index (χ4n) is 5.04. The van der Waals surface area contributed by atoms with Gasteiger partial charge in [0.15, 0.2) is 11.9 Å². The van der Waals surface area contributed by atoms with E-state index in [2.05, 4.69) is 5.32 Å². The van der Waals surface area contributed by atoms with Crippen molar-refractivity contribution in [3.63, 3.8) is 0 Å². The molecule has 3 atom stereocenters. The van der Waals surface area contributed by atoms with Crippen LogP contribution in [0.2, 0.25) is 0 Å². The molecular weight excluding hydrogens is 598 g/mol. The lowest BCUT2D eigenvalue weighted by Crippen LogP contribution is -2.53. The van der Waals surface area contributed by atoms with Gasteiger partial charge in [-0.05, 0) is 61.2 Å². The highest BCUT2D eigenvalue weighted by Gasteiger charge is 2.39. The fraction of sp³-hybridized carbons (Fsp3) is 0.364. The van der Waals surface area contributed by atoms with Crippen molar-refractivity contribution >= 4 is 33.5 Å². The number of rotatable bonds is 14. The Morgan fingerprint density at radius 3 is 2.36 bits per heavy atom. The van der Waals surface area contributed by atoms with Crippen LogP contribution in [0.3, 0.4) is 0 Å². The Morgan fingerprint density at radius 2 is 1.73 bits per heavy atom. The number of hydrogen-bond acceptors (Lipinski definition) is 8. The van der Waals surface area contributed by atoms with E-state index in [1.807, 2.05) is 44.2 Å². The first-order chi connectivity index (χ1) is 21.4. The van der Waals surface area contributed by atoms with E-state index < -0.39 is 40.3 Å². The highest BCUT2D eigenvalue weighted by atomic mass is 32.2. The fourth-order valence-corrected chi connectivity index (χ4v) is 6.70. The summed E-state index contributed by atoms with van der Waals surface area (Å²) in [6.07, 6.45) is -3.03. The van der Waals surface area contributed by atoms with E-state index in [0.717, 1.165) is 5.56 Å². The van der Waals surface area contributed by atoms with E-state index in [4.69, 9.17) is 9.47 Å². The van der Waals surface area contributed by atoms with Gasteiger partial charge in [0.25, 0.3) is 5.91 Å². The Kier molecular flexibility index (Phi) is 11.0. The van der Waals surface area contributed by atoms with Crippen LogP contribution in [0.15, 0.2) is 83.8 Å².